The minimum absolute atomic E-state index is 0.0146. The first kappa shape index (κ1) is 20.4. The Hall–Kier alpha value is -2.29. The average molecular weight is 424 g/mol. The largest absolute Gasteiger partial charge is 0.495 e. The average Bonchev–Trinajstić information content (AvgIpc) is 3.47. The van der Waals surface area contributed by atoms with Crippen molar-refractivity contribution in [1.82, 2.24) is 10.0 Å². The Balaban J connectivity index is 1.62. The molecule has 0 atom stereocenters. The SMILES string of the molecule is COc1ccc(S(=O)(=O)NC2CC2)cc1NCC(=O)NCc1cccc(Cl)c1. The number of benzene rings is 2. The maximum Gasteiger partial charge on any atom is 0.240 e. The van der Waals surface area contributed by atoms with Gasteiger partial charge in [0.2, 0.25) is 15.9 Å². The lowest BCUT2D eigenvalue weighted by Gasteiger charge is -2.14. The number of carbonyl (C=O) groups is 1. The third kappa shape index (κ3) is 5.60. The zero-order chi connectivity index (χ0) is 20.1. The molecule has 1 amide bonds. The van der Waals surface area contributed by atoms with Crippen molar-refractivity contribution in [2.75, 3.05) is 19.0 Å². The van der Waals surface area contributed by atoms with Crippen LogP contribution in [0.1, 0.15) is 18.4 Å². The molecule has 150 valence electrons. The summed E-state index contributed by atoms with van der Waals surface area (Å²) in [5, 5.41) is 6.32. The van der Waals surface area contributed by atoms with Crippen LogP contribution < -0.4 is 20.1 Å². The van der Waals surface area contributed by atoms with Gasteiger partial charge in [0.05, 0.1) is 24.2 Å². The second-order valence-corrected chi connectivity index (χ2v) is 8.67. The van der Waals surface area contributed by atoms with Crippen molar-refractivity contribution >= 4 is 33.2 Å². The molecule has 0 bridgehead atoms. The number of nitrogens with one attached hydrogen (secondary N) is 3. The van der Waals surface area contributed by atoms with Crippen molar-refractivity contribution in [2.45, 2.75) is 30.3 Å². The maximum atomic E-state index is 12.4. The lowest BCUT2D eigenvalue weighted by molar-refractivity contribution is -0.119. The molecule has 3 N–H and O–H groups in total. The first-order chi connectivity index (χ1) is 13.4. The molecule has 2 aromatic rings. The number of hydrogen-bond donors (Lipinski definition) is 3. The van der Waals surface area contributed by atoms with Crippen LogP contribution in [0.2, 0.25) is 5.02 Å². The number of amides is 1. The molecule has 0 unspecified atom stereocenters. The van der Waals surface area contributed by atoms with E-state index in [0.29, 0.717) is 23.0 Å². The van der Waals surface area contributed by atoms with E-state index in [0.717, 1.165) is 18.4 Å². The second kappa shape index (κ2) is 8.81. The fourth-order valence-electron chi connectivity index (χ4n) is 2.57. The Morgan fingerprint density at radius 2 is 2.00 bits per heavy atom. The molecule has 0 aliphatic heterocycles. The van der Waals surface area contributed by atoms with Gasteiger partial charge in [-0.05, 0) is 48.7 Å². The zero-order valence-electron chi connectivity index (χ0n) is 15.4. The van der Waals surface area contributed by atoms with E-state index in [1.165, 1.54) is 19.2 Å². The number of anilines is 1. The molecule has 0 saturated heterocycles. The van der Waals surface area contributed by atoms with Crippen molar-refractivity contribution < 1.29 is 17.9 Å². The fourth-order valence-corrected chi connectivity index (χ4v) is 4.11. The summed E-state index contributed by atoms with van der Waals surface area (Å²) in [6, 6.07) is 11.7. The molecule has 7 nitrogen and oxygen atoms in total. The van der Waals surface area contributed by atoms with Gasteiger partial charge in [-0.1, -0.05) is 23.7 Å². The van der Waals surface area contributed by atoms with E-state index in [1.807, 2.05) is 12.1 Å². The van der Waals surface area contributed by atoms with Gasteiger partial charge in [0, 0.05) is 17.6 Å². The van der Waals surface area contributed by atoms with E-state index in [1.54, 1.807) is 18.2 Å². The summed E-state index contributed by atoms with van der Waals surface area (Å²) >= 11 is 5.93. The number of sulfonamides is 1. The minimum Gasteiger partial charge on any atom is -0.495 e. The maximum absolute atomic E-state index is 12.4. The number of ether oxygens (including phenoxy) is 1. The molecule has 9 heteroatoms. The quantitative estimate of drug-likeness (QED) is 0.576. The van der Waals surface area contributed by atoms with Gasteiger partial charge in [-0.15, -0.1) is 0 Å². The van der Waals surface area contributed by atoms with Gasteiger partial charge in [-0.2, -0.15) is 0 Å². The van der Waals surface area contributed by atoms with E-state index >= 15 is 0 Å². The van der Waals surface area contributed by atoms with Crippen molar-refractivity contribution in [3.05, 3.63) is 53.1 Å². The molecule has 2 aromatic carbocycles. The third-order valence-corrected chi connectivity index (χ3v) is 5.95. The Labute approximate surface area is 169 Å². The number of hydrogen-bond acceptors (Lipinski definition) is 5. The van der Waals surface area contributed by atoms with E-state index < -0.39 is 10.0 Å². The Kier molecular flexibility index (Phi) is 6.43. The Morgan fingerprint density at radius 3 is 2.68 bits per heavy atom. The van der Waals surface area contributed by atoms with E-state index in [-0.39, 0.29) is 23.4 Å². The highest BCUT2D eigenvalue weighted by molar-refractivity contribution is 7.89. The summed E-state index contributed by atoms with van der Waals surface area (Å²) in [7, 11) is -2.11. The number of rotatable bonds is 9. The van der Waals surface area contributed by atoms with Crippen LogP contribution in [0, 0.1) is 0 Å². The van der Waals surface area contributed by atoms with E-state index in [2.05, 4.69) is 15.4 Å². The van der Waals surface area contributed by atoms with Crippen LogP contribution in [0.25, 0.3) is 0 Å². The third-order valence-electron chi connectivity index (χ3n) is 4.20. The van der Waals surface area contributed by atoms with Crippen LogP contribution in [0.5, 0.6) is 5.75 Å². The van der Waals surface area contributed by atoms with Crippen LogP contribution in [0.15, 0.2) is 47.4 Å². The molecule has 1 aliphatic carbocycles. The smallest absolute Gasteiger partial charge is 0.240 e. The second-order valence-electron chi connectivity index (χ2n) is 6.52. The summed E-state index contributed by atoms with van der Waals surface area (Å²) in [5.74, 6) is 0.208. The summed E-state index contributed by atoms with van der Waals surface area (Å²) in [6.07, 6.45) is 1.71. The number of carbonyl (C=O) groups excluding carboxylic acids is 1. The van der Waals surface area contributed by atoms with Gasteiger partial charge in [0.1, 0.15) is 5.75 Å². The van der Waals surface area contributed by atoms with Crippen molar-refractivity contribution in [1.29, 1.82) is 0 Å². The molecule has 0 spiro atoms. The normalized spacial score (nSPS) is 13.8. The van der Waals surface area contributed by atoms with Gasteiger partial charge in [-0.25, -0.2) is 13.1 Å². The fraction of sp³-hybridized carbons (Fsp3) is 0.316. The highest BCUT2D eigenvalue weighted by Gasteiger charge is 2.28. The van der Waals surface area contributed by atoms with Crippen LogP contribution in [-0.2, 0) is 21.4 Å². The molecule has 3 rings (SSSR count). The molecular formula is C19H22ClN3O4S. The molecule has 1 saturated carbocycles. The summed E-state index contributed by atoms with van der Waals surface area (Å²) in [4.78, 5) is 12.3. The summed E-state index contributed by atoms with van der Waals surface area (Å²) in [5.41, 5.74) is 1.32. The number of halogens is 1. The predicted molar refractivity (Wildman–Crippen MR) is 108 cm³/mol. The molecule has 0 radical (unpaired) electrons. The minimum atomic E-state index is -3.59. The molecule has 1 fully saturated rings. The first-order valence-electron chi connectivity index (χ1n) is 8.83. The predicted octanol–water partition coefficient (Wildman–Crippen LogP) is 2.52. The molecule has 0 heterocycles. The zero-order valence-corrected chi connectivity index (χ0v) is 16.9. The first-order valence-corrected chi connectivity index (χ1v) is 10.7. The van der Waals surface area contributed by atoms with Gasteiger partial charge >= 0.3 is 0 Å². The lowest BCUT2D eigenvalue weighted by Crippen LogP contribution is -2.29. The number of methoxy groups -OCH3 is 1. The lowest BCUT2D eigenvalue weighted by atomic mass is 10.2. The van der Waals surface area contributed by atoms with Crippen LogP contribution in [0.3, 0.4) is 0 Å². The highest BCUT2D eigenvalue weighted by Crippen LogP contribution is 2.29. The van der Waals surface area contributed by atoms with Crippen molar-refractivity contribution in [3.63, 3.8) is 0 Å². The van der Waals surface area contributed by atoms with Crippen molar-refractivity contribution in [2.24, 2.45) is 0 Å². The highest BCUT2D eigenvalue weighted by atomic mass is 35.5. The van der Waals surface area contributed by atoms with Gasteiger partial charge in [0.15, 0.2) is 0 Å². The van der Waals surface area contributed by atoms with E-state index in [4.69, 9.17) is 16.3 Å². The van der Waals surface area contributed by atoms with Gasteiger partial charge in [-0.3, -0.25) is 4.79 Å². The standard InChI is InChI=1S/C19H22ClN3O4S/c1-27-18-8-7-16(28(25,26)23-15-5-6-15)10-17(18)21-12-19(24)22-11-13-3-2-4-14(20)9-13/h2-4,7-10,15,21,23H,5-6,11-12H2,1H3,(H,22,24). The molecule has 0 aromatic heterocycles. The topological polar surface area (TPSA) is 96.5 Å². The molecular weight excluding hydrogens is 402 g/mol. The molecule has 28 heavy (non-hydrogen) atoms. The van der Waals surface area contributed by atoms with Gasteiger partial charge < -0.3 is 15.4 Å². The van der Waals surface area contributed by atoms with E-state index in [9.17, 15) is 13.2 Å². The van der Waals surface area contributed by atoms with Gasteiger partial charge in [0.25, 0.3) is 0 Å². The summed E-state index contributed by atoms with van der Waals surface area (Å²) < 4.78 is 32.7. The van der Waals surface area contributed by atoms with Crippen LogP contribution in [0.4, 0.5) is 5.69 Å². The van der Waals surface area contributed by atoms with Crippen molar-refractivity contribution in [3.8, 4) is 5.75 Å². The summed E-state index contributed by atoms with van der Waals surface area (Å²) in [6.45, 7) is 0.314. The monoisotopic (exact) mass is 423 g/mol. The van der Waals surface area contributed by atoms with Crippen LogP contribution in [-0.4, -0.2) is 34.0 Å². The molecule has 1 aliphatic rings. The van der Waals surface area contributed by atoms with Crippen LogP contribution >= 0.6 is 11.6 Å². The Bertz CT molecular complexity index is 961. The Morgan fingerprint density at radius 1 is 1.21 bits per heavy atom.